The molecular formula is C12H11N5S. The van der Waals surface area contributed by atoms with E-state index in [1.165, 1.54) is 0 Å². The zero-order valence-corrected chi connectivity index (χ0v) is 10.3. The predicted molar refractivity (Wildman–Crippen MR) is 70.8 cm³/mol. The molecule has 0 unspecified atom stereocenters. The Labute approximate surface area is 108 Å². The Hall–Kier alpha value is -2.05. The molecule has 0 aliphatic rings. The van der Waals surface area contributed by atoms with Crippen molar-refractivity contribution < 1.29 is 0 Å². The number of aromatic amines is 1. The number of rotatable bonds is 3. The van der Waals surface area contributed by atoms with Gasteiger partial charge in [0.25, 0.3) is 0 Å². The van der Waals surface area contributed by atoms with Crippen molar-refractivity contribution in [3.8, 4) is 21.3 Å². The number of H-pyrrole nitrogens is 1. The molecule has 3 rings (SSSR count). The molecule has 0 saturated heterocycles. The third kappa shape index (κ3) is 2.03. The van der Waals surface area contributed by atoms with E-state index in [2.05, 4.69) is 19.9 Å². The van der Waals surface area contributed by atoms with Crippen LogP contribution in [0, 0.1) is 0 Å². The van der Waals surface area contributed by atoms with Gasteiger partial charge in [-0.05, 0) is 12.1 Å². The molecule has 0 aromatic carbocycles. The SMILES string of the molecule is NCc1cnc(-c2cnc(-c3ccncc3)s2)[nH]1. The first-order chi connectivity index (χ1) is 8.86. The fourth-order valence-electron chi connectivity index (χ4n) is 1.60. The Morgan fingerprint density at radius 1 is 1.17 bits per heavy atom. The standard InChI is InChI=1S/C12H11N5S/c13-5-9-6-15-11(17-9)10-7-16-12(18-10)8-1-3-14-4-2-8/h1-4,6-7H,5,13H2,(H,15,17). The van der Waals surface area contributed by atoms with E-state index in [4.69, 9.17) is 5.73 Å². The number of nitrogens with zero attached hydrogens (tertiary/aromatic N) is 3. The summed E-state index contributed by atoms with van der Waals surface area (Å²) >= 11 is 1.59. The smallest absolute Gasteiger partial charge is 0.149 e. The van der Waals surface area contributed by atoms with Crippen LogP contribution >= 0.6 is 11.3 Å². The van der Waals surface area contributed by atoms with Gasteiger partial charge in [-0.1, -0.05) is 0 Å². The first kappa shape index (κ1) is 11.1. The van der Waals surface area contributed by atoms with Crippen LogP contribution in [0.4, 0.5) is 0 Å². The molecule has 3 aromatic rings. The Balaban J connectivity index is 1.94. The number of imidazole rings is 1. The first-order valence-corrected chi connectivity index (χ1v) is 6.29. The second kappa shape index (κ2) is 4.67. The predicted octanol–water partition coefficient (Wildman–Crippen LogP) is 2.05. The van der Waals surface area contributed by atoms with E-state index in [0.717, 1.165) is 27.0 Å². The van der Waals surface area contributed by atoms with Gasteiger partial charge in [0.1, 0.15) is 10.8 Å². The van der Waals surface area contributed by atoms with E-state index >= 15 is 0 Å². The van der Waals surface area contributed by atoms with Crippen molar-refractivity contribution in [3.05, 3.63) is 42.6 Å². The molecule has 0 amide bonds. The molecule has 6 heteroatoms. The van der Waals surface area contributed by atoms with Crippen LogP contribution < -0.4 is 5.73 Å². The molecule has 3 N–H and O–H groups in total. The van der Waals surface area contributed by atoms with Crippen molar-refractivity contribution in [1.29, 1.82) is 0 Å². The number of thiazole rings is 1. The quantitative estimate of drug-likeness (QED) is 0.752. The lowest BCUT2D eigenvalue weighted by atomic mass is 10.3. The summed E-state index contributed by atoms with van der Waals surface area (Å²) in [6.07, 6.45) is 7.09. The molecule has 3 aromatic heterocycles. The highest BCUT2D eigenvalue weighted by Crippen LogP contribution is 2.29. The maximum absolute atomic E-state index is 5.55. The van der Waals surface area contributed by atoms with Gasteiger partial charge in [0.15, 0.2) is 0 Å². The van der Waals surface area contributed by atoms with E-state index in [9.17, 15) is 0 Å². The van der Waals surface area contributed by atoms with E-state index in [1.54, 1.807) is 29.9 Å². The van der Waals surface area contributed by atoms with Crippen molar-refractivity contribution in [3.63, 3.8) is 0 Å². The summed E-state index contributed by atoms with van der Waals surface area (Å²) in [5, 5.41) is 0.957. The Bertz CT molecular complexity index is 643. The summed E-state index contributed by atoms with van der Waals surface area (Å²) in [4.78, 5) is 16.8. The molecule has 18 heavy (non-hydrogen) atoms. The van der Waals surface area contributed by atoms with Crippen LogP contribution in [-0.2, 0) is 6.54 Å². The van der Waals surface area contributed by atoms with Gasteiger partial charge in [0.05, 0.1) is 4.88 Å². The van der Waals surface area contributed by atoms with E-state index in [0.29, 0.717) is 6.54 Å². The molecule has 0 atom stereocenters. The summed E-state index contributed by atoms with van der Waals surface area (Å²) in [5.74, 6) is 0.813. The Morgan fingerprint density at radius 2 is 2.00 bits per heavy atom. The molecular weight excluding hydrogens is 246 g/mol. The van der Waals surface area contributed by atoms with Crippen LogP contribution in [0.3, 0.4) is 0 Å². The molecule has 0 fully saturated rings. The topological polar surface area (TPSA) is 80.5 Å². The minimum Gasteiger partial charge on any atom is -0.340 e. The van der Waals surface area contributed by atoms with E-state index < -0.39 is 0 Å². The van der Waals surface area contributed by atoms with Gasteiger partial charge >= 0.3 is 0 Å². The zero-order chi connectivity index (χ0) is 12.4. The van der Waals surface area contributed by atoms with Crippen molar-refractivity contribution >= 4 is 11.3 Å². The van der Waals surface area contributed by atoms with Crippen LogP contribution in [0.2, 0.25) is 0 Å². The molecule has 0 spiro atoms. The summed E-state index contributed by atoms with van der Waals surface area (Å²) in [7, 11) is 0. The first-order valence-electron chi connectivity index (χ1n) is 5.47. The fraction of sp³-hybridized carbons (Fsp3) is 0.0833. The van der Waals surface area contributed by atoms with Gasteiger partial charge in [-0.15, -0.1) is 11.3 Å². The summed E-state index contributed by atoms with van der Waals surface area (Å²) in [6.45, 7) is 0.461. The highest BCUT2D eigenvalue weighted by atomic mass is 32.1. The number of hydrogen-bond acceptors (Lipinski definition) is 5. The lowest BCUT2D eigenvalue weighted by molar-refractivity contribution is 1.01. The fourth-order valence-corrected chi connectivity index (χ4v) is 2.47. The average Bonchev–Trinajstić information content (AvgIpc) is 3.08. The van der Waals surface area contributed by atoms with Crippen molar-refractivity contribution in [1.82, 2.24) is 19.9 Å². The largest absolute Gasteiger partial charge is 0.340 e. The normalized spacial score (nSPS) is 10.7. The van der Waals surface area contributed by atoms with Gasteiger partial charge < -0.3 is 10.7 Å². The van der Waals surface area contributed by atoms with Gasteiger partial charge in [-0.25, -0.2) is 9.97 Å². The maximum Gasteiger partial charge on any atom is 0.149 e. The number of nitrogens with two attached hydrogens (primary N) is 1. The minimum absolute atomic E-state index is 0.461. The van der Waals surface area contributed by atoms with Crippen molar-refractivity contribution in [2.24, 2.45) is 5.73 Å². The Kier molecular flexibility index (Phi) is 2.87. The van der Waals surface area contributed by atoms with Crippen LogP contribution in [-0.4, -0.2) is 19.9 Å². The van der Waals surface area contributed by atoms with Crippen LogP contribution in [0.1, 0.15) is 5.69 Å². The number of aromatic nitrogens is 4. The molecule has 0 saturated carbocycles. The summed E-state index contributed by atoms with van der Waals surface area (Å²) in [5.41, 5.74) is 7.53. The van der Waals surface area contributed by atoms with E-state index in [1.807, 2.05) is 18.3 Å². The number of nitrogens with one attached hydrogen (secondary N) is 1. The molecule has 90 valence electrons. The highest BCUT2D eigenvalue weighted by Gasteiger charge is 2.09. The Morgan fingerprint density at radius 3 is 2.72 bits per heavy atom. The minimum atomic E-state index is 0.461. The third-order valence-electron chi connectivity index (χ3n) is 2.51. The molecule has 0 aliphatic heterocycles. The molecule has 0 radical (unpaired) electrons. The lowest BCUT2D eigenvalue weighted by Crippen LogP contribution is -1.95. The van der Waals surface area contributed by atoms with Gasteiger partial charge in [0.2, 0.25) is 0 Å². The second-order valence-electron chi connectivity index (χ2n) is 3.73. The van der Waals surface area contributed by atoms with Crippen molar-refractivity contribution in [2.75, 3.05) is 0 Å². The van der Waals surface area contributed by atoms with E-state index in [-0.39, 0.29) is 0 Å². The molecule has 0 bridgehead atoms. The number of pyridine rings is 1. The summed E-state index contributed by atoms with van der Waals surface area (Å²) < 4.78 is 0. The van der Waals surface area contributed by atoms with Gasteiger partial charge in [0, 0.05) is 42.6 Å². The lowest BCUT2D eigenvalue weighted by Gasteiger charge is -1.92. The zero-order valence-electron chi connectivity index (χ0n) is 9.50. The van der Waals surface area contributed by atoms with Gasteiger partial charge in [-0.3, -0.25) is 4.98 Å². The average molecular weight is 257 g/mol. The molecule has 3 heterocycles. The maximum atomic E-state index is 5.55. The third-order valence-corrected chi connectivity index (χ3v) is 3.57. The molecule has 0 aliphatic carbocycles. The van der Waals surface area contributed by atoms with Crippen molar-refractivity contribution in [2.45, 2.75) is 6.54 Å². The monoisotopic (exact) mass is 257 g/mol. The van der Waals surface area contributed by atoms with Crippen LogP contribution in [0.25, 0.3) is 21.3 Å². The number of hydrogen-bond donors (Lipinski definition) is 2. The summed E-state index contributed by atoms with van der Waals surface area (Å²) in [6, 6.07) is 3.88. The van der Waals surface area contributed by atoms with Gasteiger partial charge in [-0.2, -0.15) is 0 Å². The highest BCUT2D eigenvalue weighted by molar-refractivity contribution is 7.18. The molecule has 5 nitrogen and oxygen atoms in total. The van der Waals surface area contributed by atoms with Crippen LogP contribution in [0.5, 0.6) is 0 Å². The second-order valence-corrected chi connectivity index (χ2v) is 4.76. The van der Waals surface area contributed by atoms with Crippen LogP contribution in [0.15, 0.2) is 36.9 Å².